The molecule has 2 aromatic carbocycles. The predicted octanol–water partition coefficient (Wildman–Crippen LogP) is 3.06. The van der Waals surface area contributed by atoms with Crippen molar-refractivity contribution in [2.75, 3.05) is 11.9 Å². The molecule has 25 heavy (non-hydrogen) atoms. The van der Waals surface area contributed by atoms with Gasteiger partial charge < -0.3 is 19.6 Å². The molecule has 0 saturated heterocycles. The molecule has 7 nitrogen and oxygen atoms in total. The number of carboxylic acid groups (broad SMARTS) is 1. The van der Waals surface area contributed by atoms with E-state index in [2.05, 4.69) is 10.3 Å². The minimum absolute atomic E-state index is 0.315. The number of rotatable bonds is 6. The smallest absolute Gasteiger partial charge is 0.341 e. The SMILES string of the molecule is O=C(O)COc1cccc(C(=O)Nc2ccc(-c3cnco3)cc2)c1. The third-order valence-electron chi connectivity index (χ3n) is 3.32. The van der Waals surface area contributed by atoms with E-state index in [0.717, 1.165) is 5.56 Å². The largest absolute Gasteiger partial charge is 0.482 e. The number of amides is 1. The first kappa shape index (κ1) is 16.3. The molecule has 0 aliphatic rings. The van der Waals surface area contributed by atoms with Gasteiger partial charge in [0.15, 0.2) is 18.8 Å². The van der Waals surface area contributed by atoms with Crippen LogP contribution in [-0.2, 0) is 4.79 Å². The highest BCUT2D eigenvalue weighted by Gasteiger charge is 2.09. The van der Waals surface area contributed by atoms with Gasteiger partial charge in [-0.3, -0.25) is 4.79 Å². The maximum atomic E-state index is 12.3. The highest BCUT2D eigenvalue weighted by atomic mass is 16.5. The van der Waals surface area contributed by atoms with Crippen molar-refractivity contribution in [2.45, 2.75) is 0 Å². The summed E-state index contributed by atoms with van der Waals surface area (Å²) in [5.41, 5.74) is 1.83. The Morgan fingerprint density at radius 3 is 2.64 bits per heavy atom. The van der Waals surface area contributed by atoms with Crippen molar-refractivity contribution in [1.29, 1.82) is 0 Å². The molecule has 0 atom stereocenters. The number of nitrogens with one attached hydrogen (secondary N) is 1. The fourth-order valence-electron chi connectivity index (χ4n) is 2.15. The monoisotopic (exact) mass is 338 g/mol. The molecule has 0 saturated carbocycles. The molecule has 0 bridgehead atoms. The van der Waals surface area contributed by atoms with Crippen LogP contribution in [0.2, 0.25) is 0 Å². The van der Waals surface area contributed by atoms with Crippen LogP contribution in [0.15, 0.2) is 65.5 Å². The number of hydrogen-bond acceptors (Lipinski definition) is 5. The molecule has 0 aliphatic carbocycles. The average Bonchev–Trinajstić information content (AvgIpc) is 3.15. The topological polar surface area (TPSA) is 102 Å². The Bertz CT molecular complexity index is 873. The lowest BCUT2D eigenvalue weighted by Gasteiger charge is -2.08. The lowest BCUT2D eigenvalue weighted by Crippen LogP contribution is -2.13. The van der Waals surface area contributed by atoms with Crippen molar-refractivity contribution in [1.82, 2.24) is 4.98 Å². The van der Waals surface area contributed by atoms with Gasteiger partial charge in [0.25, 0.3) is 5.91 Å². The summed E-state index contributed by atoms with van der Waals surface area (Å²) in [6.07, 6.45) is 2.96. The number of carboxylic acids is 1. The number of anilines is 1. The summed E-state index contributed by atoms with van der Waals surface area (Å²) in [7, 11) is 0. The van der Waals surface area contributed by atoms with Gasteiger partial charge in [0.1, 0.15) is 5.75 Å². The number of ether oxygens (including phenoxy) is 1. The fraction of sp³-hybridized carbons (Fsp3) is 0.0556. The Balaban J connectivity index is 1.67. The standard InChI is InChI=1S/C18H14N2O5/c21-17(22)10-24-15-3-1-2-13(8-15)18(23)20-14-6-4-12(5-7-14)16-9-19-11-25-16/h1-9,11H,10H2,(H,20,23)(H,21,22). The van der Waals surface area contributed by atoms with E-state index in [0.29, 0.717) is 22.8 Å². The number of aliphatic carboxylic acids is 1. The van der Waals surface area contributed by atoms with Crippen molar-refractivity contribution in [3.63, 3.8) is 0 Å². The third-order valence-corrected chi connectivity index (χ3v) is 3.32. The van der Waals surface area contributed by atoms with Gasteiger partial charge in [0.05, 0.1) is 6.20 Å². The molecule has 126 valence electrons. The maximum Gasteiger partial charge on any atom is 0.341 e. The number of nitrogens with zero attached hydrogens (tertiary/aromatic N) is 1. The van der Waals surface area contributed by atoms with Crippen LogP contribution in [0.5, 0.6) is 5.75 Å². The van der Waals surface area contributed by atoms with Crippen molar-refractivity contribution in [3.05, 3.63) is 66.7 Å². The highest BCUT2D eigenvalue weighted by Crippen LogP contribution is 2.21. The maximum absolute atomic E-state index is 12.3. The van der Waals surface area contributed by atoms with E-state index in [1.165, 1.54) is 12.5 Å². The first-order valence-electron chi connectivity index (χ1n) is 7.37. The van der Waals surface area contributed by atoms with Gasteiger partial charge in [-0.15, -0.1) is 0 Å². The summed E-state index contributed by atoms with van der Waals surface area (Å²) in [5, 5.41) is 11.4. The number of carbonyl (C=O) groups excluding carboxylic acids is 1. The molecule has 1 aromatic heterocycles. The van der Waals surface area contributed by atoms with E-state index in [1.807, 2.05) is 12.1 Å². The van der Waals surface area contributed by atoms with Gasteiger partial charge in [-0.25, -0.2) is 9.78 Å². The van der Waals surface area contributed by atoms with Gasteiger partial charge in [-0.2, -0.15) is 0 Å². The molecule has 0 radical (unpaired) electrons. The van der Waals surface area contributed by atoms with Crippen LogP contribution in [0, 0.1) is 0 Å². The minimum atomic E-state index is -1.08. The molecule has 1 heterocycles. The first-order chi connectivity index (χ1) is 12.1. The van der Waals surface area contributed by atoms with Crippen LogP contribution in [0.1, 0.15) is 10.4 Å². The van der Waals surface area contributed by atoms with Gasteiger partial charge in [0.2, 0.25) is 0 Å². The zero-order valence-electron chi connectivity index (χ0n) is 13.0. The molecule has 3 aromatic rings. The van der Waals surface area contributed by atoms with E-state index < -0.39 is 12.6 Å². The Morgan fingerprint density at radius 2 is 1.96 bits per heavy atom. The third kappa shape index (κ3) is 4.23. The van der Waals surface area contributed by atoms with Gasteiger partial charge in [0, 0.05) is 16.8 Å². The number of oxazole rings is 1. The molecule has 0 spiro atoms. The lowest BCUT2D eigenvalue weighted by molar-refractivity contribution is -0.139. The van der Waals surface area contributed by atoms with Gasteiger partial charge >= 0.3 is 5.97 Å². The summed E-state index contributed by atoms with van der Waals surface area (Å²) in [4.78, 5) is 26.7. The quantitative estimate of drug-likeness (QED) is 0.716. The molecule has 0 unspecified atom stereocenters. The molecular weight excluding hydrogens is 324 g/mol. The minimum Gasteiger partial charge on any atom is -0.482 e. The first-order valence-corrected chi connectivity index (χ1v) is 7.37. The van der Waals surface area contributed by atoms with Crippen LogP contribution in [-0.4, -0.2) is 28.6 Å². The highest BCUT2D eigenvalue weighted by molar-refractivity contribution is 6.04. The number of hydrogen-bond donors (Lipinski definition) is 2. The molecule has 1 amide bonds. The molecular formula is C18H14N2O5. The second-order valence-electron chi connectivity index (χ2n) is 5.11. The Kier molecular flexibility index (Phi) is 4.75. The van der Waals surface area contributed by atoms with Crippen molar-refractivity contribution in [3.8, 4) is 17.1 Å². The van der Waals surface area contributed by atoms with Gasteiger partial charge in [-0.05, 0) is 42.5 Å². The molecule has 0 fully saturated rings. The van der Waals surface area contributed by atoms with Crippen molar-refractivity contribution < 1.29 is 23.8 Å². The van der Waals surface area contributed by atoms with Crippen molar-refractivity contribution >= 4 is 17.6 Å². The average molecular weight is 338 g/mol. The van der Waals surface area contributed by atoms with E-state index in [9.17, 15) is 9.59 Å². The van der Waals surface area contributed by atoms with Crippen LogP contribution in [0.3, 0.4) is 0 Å². The zero-order valence-corrected chi connectivity index (χ0v) is 13.0. The lowest BCUT2D eigenvalue weighted by atomic mass is 10.1. The van der Waals surface area contributed by atoms with E-state index in [-0.39, 0.29) is 5.91 Å². The predicted molar refractivity (Wildman–Crippen MR) is 89.5 cm³/mol. The number of benzene rings is 2. The molecule has 0 aliphatic heterocycles. The van der Waals surface area contributed by atoms with Gasteiger partial charge in [-0.1, -0.05) is 6.07 Å². The molecule has 2 N–H and O–H groups in total. The molecule has 7 heteroatoms. The summed E-state index contributed by atoms with van der Waals surface area (Å²) in [6, 6.07) is 13.4. The fourth-order valence-corrected chi connectivity index (χ4v) is 2.15. The summed E-state index contributed by atoms with van der Waals surface area (Å²) < 4.78 is 10.3. The summed E-state index contributed by atoms with van der Waals surface area (Å²) >= 11 is 0. The second-order valence-corrected chi connectivity index (χ2v) is 5.11. The zero-order chi connectivity index (χ0) is 17.6. The second kappa shape index (κ2) is 7.31. The Hall–Kier alpha value is -3.61. The van der Waals surface area contributed by atoms with Crippen LogP contribution in [0.25, 0.3) is 11.3 Å². The van der Waals surface area contributed by atoms with Crippen LogP contribution >= 0.6 is 0 Å². The van der Waals surface area contributed by atoms with E-state index in [1.54, 1.807) is 36.5 Å². The normalized spacial score (nSPS) is 10.2. The summed E-state index contributed by atoms with van der Waals surface area (Å²) in [5.74, 6) is -0.452. The Labute approximate surface area is 142 Å². The van der Waals surface area contributed by atoms with E-state index in [4.69, 9.17) is 14.3 Å². The van der Waals surface area contributed by atoms with E-state index >= 15 is 0 Å². The van der Waals surface area contributed by atoms with Crippen LogP contribution in [0.4, 0.5) is 5.69 Å². The molecule has 3 rings (SSSR count). The Morgan fingerprint density at radius 1 is 1.16 bits per heavy atom. The number of aromatic nitrogens is 1. The van der Waals surface area contributed by atoms with Crippen LogP contribution < -0.4 is 10.1 Å². The number of carbonyl (C=O) groups is 2. The van der Waals surface area contributed by atoms with Crippen molar-refractivity contribution in [2.24, 2.45) is 0 Å². The summed E-state index contributed by atoms with van der Waals surface area (Å²) in [6.45, 7) is -0.464.